The quantitative estimate of drug-likeness (QED) is 0.634. The molecule has 0 saturated heterocycles. The molecule has 0 bridgehead atoms. The highest BCUT2D eigenvalue weighted by Gasteiger charge is 2.08. The molecule has 18 heavy (non-hydrogen) atoms. The number of fused-ring (bicyclic) bond motifs is 1. The third kappa shape index (κ3) is 2.02. The molecule has 0 aliphatic rings. The van der Waals surface area contributed by atoms with Crippen LogP contribution in [0.1, 0.15) is 17.4 Å². The van der Waals surface area contributed by atoms with Gasteiger partial charge < -0.3 is 4.57 Å². The molecule has 92 valence electrons. The lowest BCUT2D eigenvalue weighted by Crippen LogP contribution is -1.98. The van der Waals surface area contributed by atoms with Crippen LogP contribution in [0.2, 0.25) is 0 Å². The molecule has 2 aromatic heterocycles. The molecule has 3 aromatic rings. The van der Waals surface area contributed by atoms with Gasteiger partial charge in [-0.1, -0.05) is 25.1 Å². The van der Waals surface area contributed by atoms with E-state index < -0.39 is 0 Å². The molecule has 3 rings (SSSR count). The largest absolute Gasteiger partial charge is 0.342 e. The summed E-state index contributed by atoms with van der Waals surface area (Å²) < 4.78 is 3.56. The third-order valence-corrected chi connectivity index (χ3v) is 5.17. The van der Waals surface area contributed by atoms with Gasteiger partial charge in [0.25, 0.3) is 0 Å². The predicted molar refractivity (Wildman–Crippen MR) is 82.4 cm³/mol. The molecule has 0 unspecified atom stereocenters. The second-order valence-corrected chi connectivity index (χ2v) is 6.20. The van der Waals surface area contributed by atoms with Crippen molar-refractivity contribution in [1.29, 1.82) is 0 Å². The number of rotatable bonds is 3. The molecule has 0 fully saturated rings. The van der Waals surface area contributed by atoms with E-state index in [0.717, 1.165) is 13.0 Å². The lowest BCUT2D eigenvalue weighted by atomic mass is 10.1. The second kappa shape index (κ2) is 4.90. The molecule has 0 radical (unpaired) electrons. The fraction of sp³-hybridized carbons (Fsp3) is 0.200. The van der Waals surface area contributed by atoms with Crippen molar-refractivity contribution in [3.05, 3.63) is 56.8 Å². The average Bonchev–Trinajstić information content (AvgIpc) is 2.97. The molecule has 0 aliphatic carbocycles. The number of benzene rings is 1. The van der Waals surface area contributed by atoms with Crippen molar-refractivity contribution in [1.82, 2.24) is 4.57 Å². The number of halogens is 1. The summed E-state index contributed by atoms with van der Waals surface area (Å²) in [6.07, 6.45) is 3.27. The van der Waals surface area contributed by atoms with Gasteiger partial charge in [-0.3, -0.25) is 0 Å². The minimum Gasteiger partial charge on any atom is -0.342 e. The number of hydrogen-bond donors (Lipinski definition) is 0. The van der Waals surface area contributed by atoms with E-state index in [1.54, 1.807) is 11.3 Å². The second-order valence-electron chi connectivity index (χ2n) is 4.34. The summed E-state index contributed by atoms with van der Waals surface area (Å²) in [4.78, 5) is 1.37. The lowest BCUT2D eigenvalue weighted by molar-refractivity contribution is 0.842. The summed E-state index contributed by atoms with van der Waals surface area (Å²) in [7, 11) is 0. The van der Waals surface area contributed by atoms with Gasteiger partial charge in [0.05, 0.1) is 12.1 Å². The van der Waals surface area contributed by atoms with E-state index in [4.69, 9.17) is 0 Å². The van der Waals surface area contributed by atoms with Crippen molar-refractivity contribution in [3.63, 3.8) is 0 Å². The third-order valence-electron chi connectivity index (χ3n) is 3.26. The Labute approximate surface area is 119 Å². The van der Waals surface area contributed by atoms with Crippen LogP contribution in [0, 0.1) is 0 Å². The summed E-state index contributed by atoms with van der Waals surface area (Å²) >= 11 is 5.41. The molecule has 0 aliphatic heterocycles. The number of aromatic nitrogens is 1. The normalized spacial score (nSPS) is 11.2. The molecule has 1 nitrogen and oxygen atoms in total. The first-order valence-corrected chi connectivity index (χ1v) is 7.75. The summed E-state index contributed by atoms with van der Waals surface area (Å²) in [5.41, 5.74) is 2.80. The average molecular weight is 320 g/mol. The lowest BCUT2D eigenvalue weighted by Gasteiger charge is -2.08. The van der Waals surface area contributed by atoms with E-state index in [-0.39, 0.29) is 0 Å². The fourth-order valence-electron chi connectivity index (χ4n) is 2.35. The van der Waals surface area contributed by atoms with Gasteiger partial charge in [-0.2, -0.15) is 0 Å². The van der Waals surface area contributed by atoms with Crippen LogP contribution in [0.3, 0.4) is 0 Å². The highest BCUT2D eigenvalue weighted by Crippen LogP contribution is 2.27. The van der Waals surface area contributed by atoms with Gasteiger partial charge in [-0.25, -0.2) is 0 Å². The van der Waals surface area contributed by atoms with Crippen LogP contribution in [0.4, 0.5) is 0 Å². The Morgan fingerprint density at radius 3 is 2.83 bits per heavy atom. The topological polar surface area (TPSA) is 4.93 Å². The molecular formula is C15H14BrNS. The Hall–Kier alpha value is -1.06. The molecule has 0 amide bonds. The van der Waals surface area contributed by atoms with Crippen molar-refractivity contribution in [2.75, 3.05) is 0 Å². The zero-order chi connectivity index (χ0) is 12.5. The minimum absolute atomic E-state index is 0.943. The highest BCUT2D eigenvalue weighted by atomic mass is 79.9. The smallest absolute Gasteiger partial charge is 0.0580 e. The Kier molecular flexibility index (Phi) is 3.27. The molecule has 0 spiro atoms. The zero-order valence-corrected chi connectivity index (χ0v) is 12.6. The predicted octanol–water partition coefficient (Wildman–Crippen LogP) is 5.08. The summed E-state index contributed by atoms with van der Waals surface area (Å²) in [5.74, 6) is 0. The van der Waals surface area contributed by atoms with Gasteiger partial charge in [-0.15, -0.1) is 11.3 Å². The van der Waals surface area contributed by atoms with E-state index in [1.165, 1.54) is 25.8 Å². The monoisotopic (exact) mass is 319 g/mol. The fourth-order valence-corrected chi connectivity index (χ4v) is 3.83. The van der Waals surface area contributed by atoms with Crippen molar-refractivity contribution in [2.45, 2.75) is 19.9 Å². The van der Waals surface area contributed by atoms with E-state index in [0.29, 0.717) is 0 Å². The maximum absolute atomic E-state index is 3.61. The van der Waals surface area contributed by atoms with Crippen molar-refractivity contribution >= 4 is 38.2 Å². The van der Waals surface area contributed by atoms with Crippen LogP contribution < -0.4 is 0 Å². The maximum Gasteiger partial charge on any atom is 0.0580 e. The van der Waals surface area contributed by atoms with Crippen LogP contribution in [-0.2, 0) is 13.0 Å². The standard InChI is InChI=1S/C15H14BrNS/c1-2-11-4-3-5-12-6-8-17(15(11)12)10-14-13(16)7-9-18-14/h3-9H,2,10H2,1H3. The van der Waals surface area contributed by atoms with Crippen LogP contribution in [0.25, 0.3) is 10.9 Å². The molecule has 3 heteroatoms. The molecule has 0 saturated carbocycles. The summed E-state index contributed by atoms with van der Waals surface area (Å²) in [6.45, 7) is 3.16. The first kappa shape index (κ1) is 12.0. The first-order chi connectivity index (χ1) is 8.79. The Morgan fingerprint density at radius 2 is 2.11 bits per heavy atom. The molecule has 1 aromatic carbocycles. The Bertz CT molecular complexity index is 681. The van der Waals surface area contributed by atoms with E-state index >= 15 is 0 Å². The van der Waals surface area contributed by atoms with E-state index in [2.05, 4.69) is 69.3 Å². The van der Waals surface area contributed by atoms with Gasteiger partial charge in [0.15, 0.2) is 0 Å². The molecular weight excluding hydrogens is 306 g/mol. The van der Waals surface area contributed by atoms with Crippen molar-refractivity contribution in [2.24, 2.45) is 0 Å². The SMILES string of the molecule is CCc1cccc2ccn(Cc3sccc3Br)c12. The van der Waals surface area contributed by atoms with Crippen LogP contribution in [-0.4, -0.2) is 4.57 Å². The number of nitrogens with zero attached hydrogens (tertiary/aromatic N) is 1. The first-order valence-electron chi connectivity index (χ1n) is 6.08. The number of aryl methyl sites for hydroxylation is 1. The Balaban J connectivity index is 2.10. The van der Waals surface area contributed by atoms with Crippen molar-refractivity contribution in [3.8, 4) is 0 Å². The molecule has 0 N–H and O–H groups in total. The Morgan fingerprint density at radius 1 is 1.22 bits per heavy atom. The maximum atomic E-state index is 3.61. The molecule has 0 atom stereocenters. The van der Waals surface area contributed by atoms with E-state index in [1.807, 2.05) is 0 Å². The van der Waals surface area contributed by atoms with Crippen LogP contribution in [0.15, 0.2) is 46.4 Å². The number of thiophene rings is 1. The number of para-hydroxylation sites is 1. The zero-order valence-electron chi connectivity index (χ0n) is 10.2. The van der Waals surface area contributed by atoms with Gasteiger partial charge in [0, 0.05) is 15.5 Å². The number of hydrogen-bond acceptors (Lipinski definition) is 1. The van der Waals surface area contributed by atoms with Crippen LogP contribution >= 0.6 is 27.3 Å². The van der Waals surface area contributed by atoms with Crippen molar-refractivity contribution < 1.29 is 0 Å². The van der Waals surface area contributed by atoms with Gasteiger partial charge in [0.1, 0.15) is 0 Å². The van der Waals surface area contributed by atoms with Crippen LogP contribution in [0.5, 0.6) is 0 Å². The van der Waals surface area contributed by atoms with E-state index in [9.17, 15) is 0 Å². The summed E-state index contributed by atoms with van der Waals surface area (Å²) in [6, 6.07) is 10.9. The highest BCUT2D eigenvalue weighted by molar-refractivity contribution is 9.10. The molecule has 2 heterocycles. The van der Waals surface area contributed by atoms with Gasteiger partial charge >= 0.3 is 0 Å². The summed E-state index contributed by atoms with van der Waals surface area (Å²) in [5, 5.41) is 3.47. The van der Waals surface area contributed by atoms with Gasteiger partial charge in [-0.05, 0) is 50.8 Å². The minimum atomic E-state index is 0.943. The van der Waals surface area contributed by atoms with Gasteiger partial charge in [0.2, 0.25) is 0 Å².